The number of nitrogens with one attached hydrogen (secondary N) is 1. The lowest BCUT2D eigenvalue weighted by molar-refractivity contribution is 0.575. The van der Waals surface area contributed by atoms with Gasteiger partial charge in [-0.1, -0.05) is 18.3 Å². The summed E-state index contributed by atoms with van der Waals surface area (Å²) in [7, 11) is -3.69. The summed E-state index contributed by atoms with van der Waals surface area (Å²) in [5, 5.41) is 0. The van der Waals surface area contributed by atoms with E-state index in [1.165, 1.54) is 12.1 Å². The van der Waals surface area contributed by atoms with E-state index in [-0.39, 0.29) is 11.4 Å². The Kier molecular flexibility index (Phi) is 5.18. The van der Waals surface area contributed by atoms with Crippen molar-refractivity contribution in [2.75, 3.05) is 6.54 Å². The number of nitrogens with two attached hydrogens (primary N) is 1. The Morgan fingerprint density at radius 3 is 2.78 bits per heavy atom. The summed E-state index contributed by atoms with van der Waals surface area (Å²) in [6.07, 6.45) is 0.989. The Morgan fingerprint density at radius 2 is 2.17 bits per heavy atom. The van der Waals surface area contributed by atoms with Crippen molar-refractivity contribution in [3.05, 3.63) is 29.6 Å². The second-order valence-corrected chi connectivity index (χ2v) is 6.14. The van der Waals surface area contributed by atoms with Crippen LogP contribution in [0.4, 0.5) is 4.39 Å². The van der Waals surface area contributed by atoms with Crippen molar-refractivity contribution in [1.82, 2.24) is 4.72 Å². The number of benzene rings is 1. The topological polar surface area (TPSA) is 72.2 Å². The number of hydrogen-bond acceptors (Lipinski definition) is 3. The van der Waals surface area contributed by atoms with E-state index in [0.29, 0.717) is 23.4 Å². The fourth-order valence-corrected chi connectivity index (χ4v) is 2.88. The van der Waals surface area contributed by atoms with Crippen molar-refractivity contribution < 1.29 is 12.8 Å². The van der Waals surface area contributed by atoms with Gasteiger partial charge in [0.05, 0.1) is 9.88 Å². The SMILES string of the molecule is Cc1ccc(F)cc1S(=O)(=O)NCCCC(N)=S. The predicted octanol–water partition coefficient (Wildman–Crippen LogP) is 1.48. The first-order valence-electron chi connectivity index (χ1n) is 5.37. The van der Waals surface area contributed by atoms with Gasteiger partial charge < -0.3 is 5.73 Å². The molecule has 3 N–H and O–H groups in total. The Morgan fingerprint density at radius 1 is 1.50 bits per heavy atom. The molecule has 0 radical (unpaired) electrons. The summed E-state index contributed by atoms with van der Waals surface area (Å²) in [4.78, 5) is 0.300. The number of aryl methyl sites for hydroxylation is 1. The molecule has 1 aromatic rings. The van der Waals surface area contributed by atoms with Crippen LogP contribution in [0.2, 0.25) is 0 Å². The monoisotopic (exact) mass is 290 g/mol. The van der Waals surface area contributed by atoms with Crippen molar-refractivity contribution in [2.45, 2.75) is 24.7 Å². The van der Waals surface area contributed by atoms with Gasteiger partial charge in [-0.25, -0.2) is 17.5 Å². The number of sulfonamides is 1. The van der Waals surface area contributed by atoms with Gasteiger partial charge in [-0.2, -0.15) is 0 Å². The molecular weight excluding hydrogens is 275 g/mol. The largest absolute Gasteiger partial charge is 0.393 e. The molecule has 0 atom stereocenters. The van der Waals surface area contributed by atoms with Gasteiger partial charge in [0.1, 0.15) is 5.82 Å². The Bertz CT molecular complexity index is 544. The second kappa shape index (κ2) is 6.21. The summed E-state index contributed by atoms with van der Waals surface area (Å²) in [6, 6.07) is 3.66. The third-order valence-corrected chi connectivity index (χ3v) is 4.14. The average molecular weight is 290 g/mol. The minimum Gasteiger partial charge on any atom is -0.393 e. The molecule has 0 aliphatic carbocycles. The molecule has 1 aromatic carbocycles. The van der Waals surface area contributed by atoms with Crippen LogP contribution in [0, 0.1) is 12.7 Å². The van der Waals surface area contributed by atoms with E-state index in [0.717, 1.165) is 6.07 Å². The lowest BCUT2D eigenvalue weighted by atomic mass is 10.2. The normalized spacial score (nSPS) is 11.4. The maximum atomic E-state index is 13.0. The lowest BCUT2D eigenvalue weighted by Crippen LogP contribution is -2.26. The maximum Gasteiger partial charge on any atom is 0.240 e. The first-order valence-corrected chi connectivity index (χ1v) is 7.26. The number of hydrogen-bond donors (Lipinski definition) is 2. The Hall–Kier alpha value is -1.05. The van der Waals surface area contributed by atoms with Gasteiger partial charge in [-0.05, 0) is 37.5 Å². The first kappa shape index (κ1) is 15.0. The molecule has 4 nitrogen and oxygen atoms in total. The molecule has 0 spiro atoms. The van der Waals surface area contributed by atoms with Crippen LogP contribution in [0.1, 0.15) is 18.4 Å². The van der Waals surface area contributed by atoms with E-state index in [2.05, 4.69) is 16.9 Å². The fourth-order valence-electron chi connectivity index (χ4n) is 1.41. The number of rotatable bonds is 6. The van der Waals surface area contributed by atoms with Crippen molar-refractivity contribution in [2.24, 2.45) is 5.73 Å². The van der Waals surface area contributed by atoms with Crippen LogP contribution in [-0.2, 0) is 10.0 Å². The molecule has 0 unspecified atom stereocenters. The fraction of sp³-hybridized carbons (Fsp3) is 0.364. The molecule has 18 heavy (non-hydrogen) atoms. The van der Waals surface area contributed by atoms with Gasteiger partial charge in [0, 0.05) is 6.54 Å². The standard InChI is InChI=1S/C11H15FN2O2S2/c1-8-4-5-9(12)7-10(8)18(15,16)14-6-2-3-11(13)17/h4-5,7,14H,2-3,6H2,1H3,(H2,13,17). The van der Waals surface area contributed by atoms with Crippen LogP contribution < -0.4 is 10.5 Å². The third-order valence-electron chi connectivity index (χ3n) is 2.33. The van der Waals surface area contributed by atoms with Crippen molar-refractivity contribution in [1.29, 1.82) is 0 Å². The number of halogens is 1. The zero-order chi connectivity index (χ0) is 13.8. The molecule has 0 aromatic heterocycles. The maximum absolute atomic E-state index is 13.0. The van der Waals surface area contributed by atoms with Crippen LogP contribution in [0.3, 0.4) is 0 Å². The smallest absolute Gasteiger partial charge is 0.240 e. The van der Waals surface area contributed by atoms with Crippen molar-refractivity contribution in [3.63, 3.8) is 0 Å². The molecule has 7 heteroatoms. The van der Waals surface area contributed by atoms with Gasteiger partial charge in [0.2, 0.25) is 10.0 Å². The molecule has 1 rings (SSSR count). The summed E-state index contributed by atoms with van der Waals surface area (Å²) >= 11 is 4.68. The quantitative estimate of drug-likeness (QED) is 0.615. The van der Waals surface area contributed by atoms with Gasteiger partial charge in [0.15, 0.2) is 0 Å². The first-order chi connectivity index (χ1) is 8.33. The van der Waals surface area contributed by atoms with Crippen LogP contribution in [0.15, 0.2) is 23.1 Å². The zero-order valence-electron chi connectivity index (χ0n) is 9.94. The molecular formula is C11H15FN2O2S2. The minimum atomic E-state index is -3.69. The highest BCUT2D eigenvalue weighted by Gasteiger charge is 2.16. The van der Waals surface area contributed by atoms with E-state index in [4.69, 9.17) is 5.73 Å². The predicted molar refractivity (Wildman–Crippen MR) is 72.3 cm³/mol. The second-order valence-electron chi connectivity index (χ2n) is 3.88. The van der Waals surface area contributed by atoms with E-state index in [9.17, 15) is 12.8 Å². The third kappa shape index (κ3) is 4.32. The highest BCUT2D eigenvalue weighted by atomic mass is 32.2. The molecule has 0 fully saturated rings. The van der Waals surface area contributed by atoms with E-state index < -0.39 is 15.8 Å². The molecule has 0 bridgehead atoms. The average Bonchev–Trinajstić information content (AvgIpc) is 2.27. The highest BCUT2D eigenvalue weighted by molar-refractivity contribution is 7.89. The van der Waals surface area contributed by atoms with Crippen molar-refractivity contribution >= 4 is 27.2 Å². The van der Waals surface area contributed by atoms with Gasteiger partial charge in [-0.3, -0.25) is 0 Å². The molecule has 100 valence electrons. The Labute approximate surface area is 111 Å². The summed E-state index contributed by atoms with van der Waals surface area (Å²) in [5.41, 5.74) is 5.80. The Balaban J connectivity index is 2.74. The zero-order valence-corrected chi connectivity index (χ0v) is 11.6. The molecule has 0 amide bonds. The molecule has 0 aliphatic heterocycles. The van der Waals surface area contributed by atoms with E-state index in [1.54, 1.807) is 6.92 Å². The number of thiocarbonyl (C=S) groups is 1. The summed E-state index contributed by atoms with van der Waals surface area (Å²) < 4.78 is 39.3. The van der Waals surface area contributed by atoms with E-state index >= 15 is 0 Å². The van der Waals surface area contributed by atoms with E-state index in [1.807, 2.05) is 0 Å². The highest BCUT2D eigenvalue weighted by Crippen LogP contribution is 2.16. The van der Waals surface area contributed by atoms with Gasteiger partial charge >= 0.3 is 0 Å². The minimum absolute atomic E-state index is 0.0437. The van der Waals surface area contributed by atoms with Crippen LogP contribution in [-0.4, -0.2) is 20.0 Å². The summed E-state index contributed by atoms with van der Waals surface area (Å²) in [6.45, 7) is 1.83. The molecule has 0 aliphatic rings. The van der Waals surface area contributed by atoms with Gasteiger partial charge in [-0.15, -0.1) is 0 Å². The van der Waals surface area contributed by atoms with Crippen LogP contribution in [0.5, 0.6) is 0 Å². The molecule has 0 heterocycles. The molecule has 0 saturated carbocycles. The van der Waals surface area contributed by atoms with Crippen molar-refractivity contribution in [3.8, 4) is 0 Å². The summed E-state index contributed by atoms with van der Waals surface area (Å²) in [5.74, 6) is -0.580. The van der Waals surface area contributed by atoms with Crippen LogP contribution >= 0.6 is 12.2 Å². The lowest BCUT2D eigenvalue weighted by Gasteiger charge is -2.09. The molecule has 0 saturated heterocycles. The van der Waals surface area contributed by atoms with Crippen LogP contribution in [0.25, 0.3) is 0 Å². The van der Waals surface area contributed by atoms with Gasteiger partial charge in [0.25, 0.3) is 0 Å².